The molecule has 0 fully saturated rings. The molecule has 2 heterocycles. The Kier molecular flexibility index (Phi) is 6.35. The third kappa shape index (κ3) is 3.53. The van der Waals surface area contributed by atoms with Crippen LogP contribution in [-0.4, -0.2) is 41.1 Å². The summed E-state index contributed by atoms with van der Waals surface area (Å²) in [4.78, 5) is 14.2. The number of nitrogens with zero attached hydrogens (tertiary/aromatic N) is 4. The largest absolute Gasteiger partial charge is 0.495 e. The minimum absolute atomic E-state index is 0.00521. The number of fused-ring (bicyclic) bond motifs is 1. The first-order chi connectivity index (χ1) is 13.5. The van der Waals surface area contributed by atoms with E-state index in [1.54, 1.807) is 25.0 Å². The molecule has 28 heavy (non-hydrogen) atoms. The Morgan fingerprint density at radius 3 is 2.68 bits per heavy atom. The van der Waals surface area contributed by atoms with E-state index >= 15 is 0 Å². The van der Waals surface area contributed by atoms with E-state index in [2.05, 4.69) is 14.8 Å². The maximum atomic E-state index is 12.6. The fourth-order valence-electron chi connectivity index (χ4n) is 3.69. The van der Waals surface area contributed by atoms with E-state index in [9.17, 15) is 4.79 Å². The number of methoxy groups -OCH3 is 1. The number of hydrogen-bond acceptors (Lipinski definition) is 5. The summed E-state index contributed by atoms with van der Waals surface area (Å²) in [6.07, 6.45) is 1.00. The number of carbonyl (C=O) groups is 1. The van der Waals surface area contributed by atoms with Gasteiger partial charge in [-0.15, -0.1) is 10.2 Å². The molecule has 0 spiro atoms. The third-order valence-electron chi connectivity index (χ3n) is 4.95. The monoisotopic (exact) mass is 426 g/mol. The molecule has 152 valence electrons. The van der Waals surface area contributed by atoms with E-state index in [0.29, 0.717) is 41.0 Å². The van der Waals surface area contributed by atoms with Gasteiger partial charge in [-0.1, -0.05) is 30.1 Å². The number of benzene rings is 1. The van der Waals surface area contributed by atoms with Crippen LogP contribution in [-0.2, 0) is 24.1 Å². The highest BCUT2D eigenvalue weighted by Crippen LogP contribution is 2.47. The Labute approximate surface area is 174 Å². The van der Waals surface area contributed by atoms with Crippen molar-refractivity contribution in [3.8, 4) is 5.75 Å². The highest BCUT2D eigenvalue weighted by molar-refractivity contribution is 6.43. The van der Waals surface area contributed by atoms with Gasteiger partial charge in [0.25, 0.3) is 0 Å². The van der Waals surface area contributed by atoms with Crippen LogP contribution in [0.25, 0.3) is 0 Å². The lowest BCUT2D eigenvalue weighted by atomic mass is 9.94. The van der Waals surface area contributed by atoms with E-state index in [1.807, 2.05) is 13.8 Å². The van der Waals surface area contributed by atoms with Gasteiger partial charge in [0.15, 0.2) is 0 Å². The predicted molar refractivity (Wildman–Crippen MR) is 109 cm³/mol. The number of carbonyl (C=O) groups excluding carboxylic acids is 1. The number of amides is 1. The maximum absolute atomic E-state index is 12.6. The van der Waals surface area contributed by atoms with Gasteiger partial charge in [0.05, 0.1) is 29.4 Å². The summed E-state index contributed by atoms with van der Waals surface area (Å²) in [6.45, 7) is 7.04. The molecule has 0 saturated carbocycles. The second-order valence-corrected chi connectivity index (χ2v) is 7.26. The zero-order chi connectivity index (χ0) is 20.4. The van der Waals surface area contributed by atoms with Crippen molar-refractivity contribution in [1.29, 1.82) is 0 Å². The zero-order valence-electron chi connectivity index (χ0n) is 16.5. The number of aryl methyl sites for hydroxylation is 1. The number of hydrogen-bond donors (Lipinski definition) is 0. The van der Waals surface area contributed by atoms with Crippen molar-refractivity contribution in [3.63, 3.8) is 0 Å². The van der Waals surface area contributed by atoms with Gasteiger partial charge in [-0.25, -0.2) is 4.79 Å². The average Bonchev–Trinajstić information content (AvgIpc) is 3.25. The molecule has 1 aromatic heterocycles. The molecule has 9 heteroatoms. The van der Waals surface area contributed by atoms with Gasteiger partial charge < -0.3 is 14.0 Å². The fourth-order valence-corrected chi connectivity index (χ4v) is 4.19. The van der Waals surface area contributed by atoms with Gasteiger partial charge >= 0.3 is 6.09 Å². The van der Waals surface area contributed by atoms with Crippen molar-refractivity contribution < 1.29 is 14.3 Å². The topological polar surface area (TPSA) is 69.5 Å². The van der Waals surface area contributed by atoms with E-state index in [-0.39, 0.29) is 12.5 Å². The summed E-state index contributed by atoms with van der Waals surface area (Å²) in [5, 5.41) is 9.33. The minimum Gasteiger partial charge on any atom is -0.495 e. The zero-order valence-corrected chi connectivity index (χ0v) is 18.0. The van der Waals surface area contributed by atoms with Crippen molar-refractivity contribution in [2.24, 2.45) is 0 Å². The molecule has 1 amide bonds. The number of rotatable bonds is 6. The minimum atomic E-state index is -0.449. The van der Waals surface area contributed by atoms with Crippen LogP contribution in [0.2, 0.25) is 10.0 Å². The van der Waals surface area contributed by atoms with Crippen molar-refractivity contribution in [3.05, 3.63) is 33.3 Å². The number of ether oxygens (including phenoxy) is 2. The number of aromatic nitrogens is 3. The third-order valence-corrected chi connectivity index (χ3v) is 5.75. The summed E-state index contributed by atoms with van der Waals surface area (Å²) >= 11 is 13.1. The van der Waals surface area contributed by atoms with Gasteiger partial charge in [0, 0.05) is 43.5 Å². The molecular weight excluding hydrogens is 403 g/mol. The van der Waals surface area contributed by atoms with Gasteiger partial charge in [0.2, 0.25) is 0 Å². The van der Waals surface area contributed by atoms with Crippen molar-refractivity contribution >= 4 is 35.0 Å². The van der Waals surface area contributed by atoms with Crippen LogP contribution >= 0.6 is 23.2 Å². The normalized spacial score (nSPS) is 15.4. The first kappa shape index (κ1) is 20.7. The molecule has 1 aromatic carbocycles. The highest BCUT2D eigenvalue weighted by Gasteiger charge is 2.35. The molecule has 7 nitrogen and oxygen atoms in total. The Morgan fingerprint density at radius 2 is 2.07 bits per heavy atom. The molecule has 0 aliphatic carbocycles. The van der Waals surface area contributed by atoms with E-state index < -0.39 is 6.09 Å². The molecule has 0 radical (unpaired) electrons. The second-order valence-electron chi connectivity index (χ2n) is 6.48. The SMILES string of the molecule is CCOC(=O)N(CC)c1c(OC)cc(Cl)c(Cl)c1C1Cc2nnc(CC)n2C1. The Bertz CT molecular complexity index is 885. The summed E-state index contributed by atoms with van der Waals surface area (Å²) in [7, 11) is 1.55. The van der Waals surface area contributed by atoms with Crippen molar-refractivity contribution in [2.45, 2.75) is 46.1 Å². The van der Waals surface area contributed by atoms with Crippen molar-refractivity contribution in [2.75, 3.05) is 25.2 Å². The predicted octanol–water partition coefficient (Wildman–Crippen LogP) is 4.48. The summed E-state index contributed by atoms with van der Waals surface area (Å²) < 4.78 is 12.9. The summed E-state index contributed by atoms with van der Waals surface area (Å²) in [5.74, 6) is 2.32. The van der Waals surface area contributed by atoms with E-state index in [1.165, 1.54) is 0 Å². The second kappa shape index (κ2) is 8.57. The van der Waals surface area contributed by atoms with Crippen molar-refractivity contribution in [1.82, 2.24) is 14.8 Å². The van der Waals surface area contributed by atoms with E-state index in [4.69, 9.17) is 32.7 Å². The molecule has 1 unspecified atom stereocenters. The van der Waals surface area contributed by atoms with Gasteiger partial charge in [-0.05, 0) is 13.8 Å². The Hall–Kier alpha value is -1.99. The average molecular weight is 427 g/mol. The van der Waals surface area contributed by atoms with Crippen LogP contribution in [0.3, 0.4) is 0 Å². The standard InChI is InChI=1S/C19H24Cl2N4O3/c1-5-14-22-23-15-8-11(10-25(14)15)16-17(21)12(20)9-13(27-4)18(16)24(6-2)19(26)28-7-3/h9,11H,5-8,10H2,1-4H3. The van der Waals surface area contributed by atoms with Crippen LogP contribution in [0.5, 0.6) is 5.75 Å². The van der Waals surface area contributed by atoms with Crippen LogP contribution in [0.1, 0.15) is 43.9 Å². The van der Waals surface area contributed by atoms with Gasteiger partial charge in [0.1, 0.15) is 17.4 Å². The van der Waals surface area contributed by atoms with Crippen LogP contribution in [0.15, 0.2) is 6.07 Å². The van der Waals surface area contributed by atoms with E-state index in [0.717, 1.165) is 23.6 Å². The molecule has 3 rings (SSSR count). The molecule has 1 aliphatic heterocycles. The summed E-state index contributed by atoms with van der Waals surface area (Å²) in [6, 6.07) is 1.64. The van der Waals surface area contributed by atoms with Gasteiger partial charge in [-0.2, -0.15) is 0 Å². The smallest absolute Gasteiger partial charge is 0.414 e. The number of halogens is 2. The van der Waals surface area contributed by atoms with Crippen LogP contribution < -0.4 is 9.64 Å². The fraction of sp³-hybridized carbons (Fsp3) is 0.526. The Balaban J connectivity index is 2.13. The lowest BCUT2D eigenvalue weighted by molar-refractivity contribution is 0.160. The lowest BCUT2D eigenvalue weighted by Crippen LogP contribution is -2.33. The Morgan fingerprint density at radius 1 is 1.32 bits per heavy atom. The molecule has 2 aromatic rings. The lowest BCUT2D eigenvalue weighted by Gasteiger charge is -2.28. The molecule has 0 N–H and O–H groups in total. The molecule has 0 saturated heterocycles. The van der Waals surface area contributed by atoms with Gasteiger partial charge in [-0.3, -0.25) is 4.90 Å². The molecular formula is C19H24Cl2N4O3. The number of anilines is 1. The maximum Gasteiger partial charge on any atom is 0.414 e. The molecule has 1 aliphatic rings. The first-order valence-electron chi connectivity index (χ1n) is 9.37. The first-order valence-corrected chi connectivity index (χ1v) is 10.1. The highest BCUT2D eigenvalue weighted by atomic mass is 35.5. The quantitative estimate of drug-likeness (QED) is 0.680. The summed E-state index contributed by atoms with van der Waals surface area (Å²) in [5.41, 5.74) is 1.37. The molecule has 0 bridgehead atoms. The van der Waals surface area contributed by atoms with Crippen LogP contribution in [0, 0.1) is 0 Å². The molecule has 1 atom stereocenters. The van der Waals surface area contributed by atoms with Crippen LogP contribution in [0.4, 0.5) is 10.5 Å².